The van der Waals surface area contributed by atoms with Crippen molar-refractivity contribution < 1.29 is 9.90 Å². The Morgan fingerprint density at radius 3 is 2.56 bits per heavy atom. The van der Waals surface area contributed by atoms with E-state index < -0.39 is 5.54 Å². The van der Waals surface area contributed by atoms with Gasteiger partial charge in [0.05, 0.1) is 12.3 Å². The number of nitrogens with one attached hydrogen (secondary N) is 1. The van der Waals surface area contributed by atoms with Gasteiger partial charge in [0.2, 0.25) is 0 Å². The summed E-state index contributed by atoms with van der Waals surface area (Å²) in [6.45, 7) is 1.35. The third-order valence-electron chi connectivity index (χ3n) is 2.59. The Bertz CT molecular complexity index is 435. The molecule has 0 aliphatic carbocycles. The summed E-state index contributed by atoms with van der Waals surface area (Å²) in [7, 11) is 0. The van der Waals surface area contributed by atoms with Gasteiger partial charge in [-0.2, -0.15) is 0 Å². The number of rotatable bonds is 2. The molecule has 1 atom stereocenters. The maximum absolute atomic E-state index is 12.1. The van der Waals surface area contributed by atoms with Gasteiger partial charge < -0.3 is 10.4 Å². The van der Waals surface area contributed by atoms with E-state index in [9.17, 15) is 9.90 Å². The standard InChI is InChI=1S/C11H12N2O2S/c1-11(7-14)9(15)13(10(16)12-11)8-5-3-2-4-6-8/h2-6,14H,7H2,1H3,(H,12,16). The van der Waals surface area contributed by atoms with Crippen LogP contribution in [-0.2, 0) is 4.79 Å². The van der Waals surface area contributed by atoms with Crippen LogP contribution in [0.4, 0.5) is 5.69 Å². The second kappa shape index (κ2) is 3.84. The Balaban J connectivity index is 2.38. The number of para-hydroxylation sites is 1. The van der Waals surface area contributed by atoms with E-state index in [0.717, 1.165) is 0 Å². The molecule has 1 aromatic rings. The quantitative estimate of drug-likeness (QED) is 0.741. The van der Waals surface area contributed by atoms with Crippen LogP contribution >= 0.6 is 12.2 Å². The van der Waals surface area contributed by atoms with E-state index in [2.05, 4.69) is 5.32 Å². The molecule has 1 heterocycles. The van der Waals surface area contributed by atoms with Crippen LogP contribution in [0.5, 0.6) is 0 Å². The Morgan fingerprint density at radius 1 is 1.44 bits per heavy atom. The van der Waals surface area contributed by atoms with Crippen LogP contribution in [0.25, 0.3) is 0 Å². The minimum atomic E-state index is -1.01. The number of benzene rings is 1. The van der Waals surface area contributed by atoms with Gasteiger partial charge in [-0.15, -0.1) is 0 Å². The number of hydrogen-bond acceptors (Lipinski definition) is 3. The van der Waals surface area contributed by atoms with E-state index in [1.165, 1.54) is 4.90 Å². The molecule has 1 saturated heterocycles. The molecule has 1 aromatic carbocycles. The summed E-state index contributed by atoms with van der Waals surface area (Å²) in [5.74, 6) is -0.230. The molecule has 2 N–H and O–H groups in total. The summed E-state index contributed by atoms with van der Waals surface area (Å²) in [5, 5.41) is 12.4. The molecule has 16 heavy (non-hydrogen) atoms. The van der Waals surface area contributed by atoms with Crippen molar-refractivity contribution in [3.63, 3.8) is 0 Å². The zero-order chi connectivity index (χ0) is 11.8. The van der Waals surface area contributed by atoms with Crippen LogP contribution in [0, 0.1) is 0 Å². The van der Waals surface area contributed by atoms with Gasteiger partial charge in [-0.1, -0.05) is 18.2 Å². The second-order valence-corrected chi connectivity index (χ2v) is 4.28. The highest BCUT2D eigenvalue weighted by atomic mass is 32.1. The summed E-state index contributed by atoms with van der Waals surface area (Å²) in [6, 6.07) is 9.13. The topological polar surface area (TPSA) is 52.6 Å². The molecule has 0 bridgehead atoms. The molecule has 5 heteroatoms. The fourth-order valence-electron chi connectivity index (χ4n) is 1.60. The average molecular weight is 236 g/mol. The predicted octanol–water partition coefficient (Wildman–Crippen LogP) is 0.659. The van der Waals surface area contributed by atoms with Crippen LogP contribution in [-0.4, -0.2) is 28.3 Å². The summed E-state index contributed by atoms with van der Waals surface area (Å²) < 4.78 is 0. The number of aliphatic hydroxyl groups excluding tert-OH is 1. The predicted molar refractivity (Wildman–Crippen MR) is 65.2 cm³/mol. The first-order valence-corrected chi connectivity index (χ1v) is 5.32. The van der Waals surface area contributed by atoms with Crippen molar-refractivity contribution in [1.29, 1.82) is 0 Å². The molecule has 0 radical (unpaired) electrons. The number of anilines is 1. The third-order valence-corrected chi connectivity index (χ3v) is 2.88. The fourth-order valence-corrected chi connectivity index (χ4v) is 2.02. The highest BCUT2D eigenvalue weighted by molar-refractivity contribution is 7.80. The number of thiocarbonyl (C=S) groups is 1. The average Bonchev–Trinajstić information content (AvgIpc) is 2.52. The van der Waals surface area contributed by atoms with Crippen molar-refractivity contribution in [2.24, 2.45) is 0 Å². The van der Waals surface area contributed by atoms with E-state index >= 15 is 0 Å². The largest absolute Gasteiger partial charge is 0.393 e. The lowest BCUT2D eigenvalue weighted by molar-refractivity contribution is -0.122. The van der Waals surface area contributed by atoms with Crippen molar-refractivity contribution >= 4 is 28.9 Å². The van der Waals surface area contributed by atoms with Crippen LogP contribution in [0.3, 0.4) is 0 Å². The Kier molecular flexibility index (Phi) is 2.65. The molecule has 0 aromatic heterocycles. The summed E-state index contributed by atoms with van der Waals surface area (Å²) in [5.41, 5.74) is -0.297. The second-order valence-electron chi connectivity index (χ2n) is 3.90. The van der Waals surface area contributed by atoms with Gasteiger partial charge in [0.1, 0.15) is 5.54 Å². The molecular formula is C11H12N2O2S. The molecule has 1 fully saturated rings. The first-order chi connectivity index (χ1) is 7.58. The minimum absolute atomic E-state index is 0.230. The Morgan fingerprint density at radius 2 is 2.06 bits per heavy atom. The van der Waals surface area contributed by atoms with Crippen LogP contribution in [0.2, 0.25) is 0 Å². The molecule has 2 rings (SSSR count). The third kappa shape index (κ3) is 1.58. The molecular weight excluding hydrogens is 224 g/mol. The fraction of sp³-hybridized carbons (Fsp3) is 0.273. The van der Waals surface area contributed by atoms with Gasteiger partial charge in [0.25, 0.3) is 5.91 Å². The number of amides is 1. The molecule has 1 aliphatic heterocycles. The Labute approximate surface area is 98.9 Å². The zero-order valence-electron chi connectivity index (χ0n) is 8.80. The number of aliphatic hydroxyl groups is 1. The van der Waals surface area contributed by atoms with Crippen molar-refractivity contribution in [1.82, 2.24) is 5.32 Å². The lowest BCUT2D eigenvalue weighted by atomic mass is 10.0. The van der Waals surface area contributed by atoms with Crippen molar-refractivity contribution in [3.05, 3.63) is 30.3 Å². The number of hydrogen-bond donors (Lipinski definition) is 2. The number of carbonyl (C=O) groups is 1. The van der Waals surface area contributed by atoms with Gasteiger partial charge in [0, 0.05) is 0 Å². The zero-order valence-corrected chi connectivity index (χ0v) is 9.62. The van der Waals surface area contributed by atoms with Crippen LogP contribution < -0.4 is 10.2 Å². The maximum Gasteiger partial charge on any atom is 0.261 e. The minimum Gasteiger partial charge on any atom is -0.393 e. The SMILES string of the molecule is CC1(CO)NC(=S)N(c2ccccc2)C1=O. The summed E-state index contributed by atoms with van der Waals surface area (Å²) in [6.07, 6.45) is 0. The molecule has 1 unspecified atom stereocenters. The van der Waals surface area contributed by atoms with Gasteiger partial charge in [0.15, 0.2) is 5.11 Å². The summed E-state index contributed by atoms with van der Waals surface area (Å²) in [4.78, 5) is 13.5. The van der Waals surface area contributed by atoms with Crippen LogP contribution in [0.1, 0.15) is 6.92 Å². The lowest BCUT2D eigenvalue weighted by Crippen LogP contribution is -2.47. The highest BCUT2D eigenvalue weighted by Gasteiger charge is 2.45. The van der Waals surface area contributed by atoms with Crippen LogP contribution in [0.15, 0.2) is 30.3 Å². The van der Waals surface area contributed by atoms with Crippen molar-refractivity contribution in [3.8, 4) is 0 Å². The lowest BCUT2D eigenvalue weighted by Gasteiger charge is -2.18. The number of carbonyl (C=O) groups excluding carboxylic acids is 1. The summed E-state index contributed by atoms with van der Waals surface area (Å²) >= 11 is 5.10. The van der Waals surface area contributed by atoms with E-state index in [4.69, 9.17) is 12.2 Å². The normalized spacial score (nSPS) is 24.8. The molecule has 84 valence electrons. The van der Waals surface area contributed by atoms with Gasteiger partial charge >= 0.3 is 0 Å². The van der Waals surface area contributed by atoms with Crippen molar-refractivity contribution in [2.75, 3.05) is 11.5 Å². The van der Waals surface area contributed by atoms with E-state index in [1.54, 1.807) is 19.1 Å². The van der Waals surface area contributed by atoms with Crippen molar-refractivity contribution in [2.45, 2.75) is 12.5 Å². The number of nitrogens with zero attached hydrogens (tertiary/aromatic N) is 1. The van der Waals surface area contributed by atoms with Gasteiger partial charge in [-0.3, -0.25) is 9.69 Å². The Hall–Kier alpha value is -1.46. The molecule has 1 amide bonds. The smallest absolute Gasteiger partial charge is 0.261 e. The van der Waals surface area contributed by atoms with E-state index in [-0.39, 0.29) is 12.5 Å². The molecule has 0 saturated carbocycles. The molecule has 4 nitrogen and oxygen atoms in total. The molecule has 1 aliphatic rings. The van der Waals surface area contributed by atoms with E-state index in [0.29, 0.717) is 10.8 Å². The van der Waals surface area contributed by atoms with Gasteiger partial charge in [-0.05, 0) is 31.3 Å². The monoisotopic (exact) mass is 236 g/mol. The first-order valence-electron chi connectivity index (χ1n) is 4.91. The first kappa shape index (κ1) is 11.0. The molecule has 0 spiro atoms. The van der Waals surface area contributed by atoms with Gasteiger partial charge in [-0.25, -0.2) is 0 Å². The maximum atomic E-state index is 12.1. The highest BCUT2D eigenvalue weighted by Crippen LogP contribution is 2.24. The van der Waals surface area contributed by atoms with E-state index in [1.807, 2.05) is 18.2 Å².